The van der Waals surface area contributed by atoms with Gasteiger partial charge in [0.2, 0.25) is 5.91 Å². The Balaban J connectivity index is 2.53. The minimum atomic E-state index is -1.47. The highest BCUT2D eigenvalue weighted by Crippen LogP contribution is 2.17. The molecule has 0 spiro atoms. The minimum absolute atomic E-state index is 0.424. The van der Waals surface area contributed by atoms with Gasteiger partial charge in [-0.15, -0.1) is 0 Å². The van der Waals surface area contributed by atoms with Crippen LogP contribution in [0.4, 0.5) is 0 Å². The Bertz CT molecular complexity index is 247. The lowest BCUT2D eigenvalue weighted by Crippen LogP contribution is -2.50. The van der Waals surface area contributed by atoms with Gasteiger partial charge in [-0.25, -0.2) is 0 Å². The van der Waals surface area contributed by atoms with E-state index < -0.39 is 8.24 Å². The van der Waals surface area contributed by atoms with Crippen molar-refractivity contribution in [1.29, 1.82) is 0 Å². The second kappa shape index (κ2) is 7.98. The van der Waals surface area contributed by atoms with Crippen molar-refractivity contribution in [2.24, 2.45) is 0 Å². The molecule has 18 heavy (non-hydrogen) atoms. The van der Waals surface area contributed by atoms with Crippen LogP contribution in [0.25, 0.3) is 0 Å². The maximum atomic E-state index is 12.3. The predicted octanol–water partition coefficient (Wildman–Crippen LogP) is 4.56. The van der Waals surface area contributed by atoms with Crippen LogP contribution in [-0.4, -0.2) is 25.3 Å². The van der Waals surface area contributed by atoms with E-state index in [-0.39, 0.29) is 0 Å². The number of amides is 1. The summed E-state index contributed by atoms with van der Waals surface area (Å²) in [5.41, 5.74) is 0. The molecule has 3 heteroatoms. The summed E-state index contributed by atoms with van der Waals surface area (Å²) in [5.74, 6) is 0.424. The van der Waals surface area contributed by atoms with Crippen LogP contribution < -0.4 is 0 Å². The lowest BCUT2D eigenvalue weighted by molar-refractivity contribution is -0.127. The van der Waals surface area contributed by atoms with Crippen LogP contribution in [-0.2, 0) is 4.79 Å². The van der Waals surface area contributed by atoms with Gasteiger partial charge in [0, 0.05) is 13.0 Å². The minimum Gasteiger partial charge on any atom is -0.370 e. The van der Waals surface area contributed by atoms with Crippen molar-refractivity contribution in [2.75, 3.05) is 6.54 Å². The van der Waals surface area contributed by atoms with Gasteiger partial charge in [0.05, 0.1) is 0 Å². The van der Waals surface area contributed by atoms with Crippen molar-refractivity contribution >= 4 is 14.1 Å². The van der Waals surface area contributed by atoms with Gasteiger partial charge in [0.15, 0.2) is 8.24 Å². The van der Waals surface area contributed by atoms with Crippen LogP contribution >= 0.6 is 0 Å². The van der Waals surface area contributed by atoms with E-state index in [2.05, 4.69) is 24.2 Å². The quantitative estimate of drug-likeness (QED) is 0.639. The summed E-state index contributed by atoms with van der Waals surface area (Å²) >= 11 is 0. The zero-order valence-electron chi connectivity index (χ0n) is 12.6. The molecule has 2 nitrogen and oxygen atoms in total. The standard InChI is InChI=1S/C15H31NOSi/c1-18(2,3)16-14-12-10-8-6-4-5-7-9-11-13-15(16)17/h4-14H2,1-3H3. The number of hydrogen-bond donors (Lipinski definition) is 0. The number of carbonyl (C=O) groups is 1. The number of nitrogens with zero attached hydrogens (tertiary/aromatic N) is 1. The van der Waals surface area contributed by atoms with Crippen molar-refractivity contribution < 1.29 is 4.79 Å². The van der Waals surface area contributed by atoms with Crippen molar-refractivity contribution in [3.05, 3.63) is 0 Å². The Morgan fingerprint density at radius 3 is 1.72 bits per heavy atom. The van der Waals surface area contributed by atoms with Crippen LogP contribution in [0.15, 0.2) is 0 Å². The van der Waals surface area contributed by atoms with Crippen molar-refractivity contribution in [1.82, 2.24) is 4.57 Å². The summed E-state index contributed by atoms with van der Waals surface area (Å²) < 4.78 is 2.24. The number of carbonyl (C=O) groups excluding carboxylic acids is 1. The largest absolute Gasteiger partial charge is 0.370 e. The maximum absolute atomic E-state index is 12.3. The van der Waals surface area contributed by atoms with Gasteiger partial charge >= 0.3 is 0 Å². The molecule has 1 heterocycles. The fourth-order valence-electron chi connectivity index (χ4n) is 2.75. The molecule has 1 rings (SSSR count). The Morgan fingerprint density at radius 2 is 1.22 bits per heavy atom. The molecular formula is C15H31NOSi. The van der Waals surface area contributed by atoms with Crippen molar-refractivity contribution in [3.63, 3.8) is 0 Å². The first-order valence-corrected chi connectivity index (χ1v) is 11.3. The number of rotatable bonds is 1. The summed E-state index contributed by atoms with van der Waals surface area (Å²) in [7, 11) is -1.47. The van der Waals surface area contributed by atoms with E-state index in [0.717, 1.165) is 19.4 Å². The highest BCUT2D eigenvalue weighted by Gasteiger charge is 2.27. The zero-order valence-corrected chi connectivity index (χ0v) is 13.6. The van der Waals surface area contributed by atoms with Gasteiger partial charge in [-0.2, -0.15) is 0 Å². The molecule has 0 N–H and O–H groups in total. The second-order valence-corrected chi connectivity index (χ2v) is 11.5. The number of hydrogen-bond acceptors (Lipinski definition) is 1. The van der Waals surface area contributed by atoms with Crippen LogP contribution in [0.1, 0.15) is 64.2 Å². The molecule has 1 aliphatic heterocycles. The Morgan fingerprint density at radius 1 is 0.778 bits per heavy atom. The Labute approximate surface area is 114 Å². The smallest absolute Gasteiger partial charge is 0.214 e. The molecule has 0 bridgehead atoms. The van der Waals surface area contributed by atoms with Gasteiger partial charge in [0.1, 0.15) is 0 Å². The average molecular weight is 270 g/mol. The monoisotopic (exact) mass is 269 g/mol. The normalized spacial score (nSPS) is 21.9. The summed E-state index contributed by atoms with van der Waals surface area (Å²) in [6.07, 6.45) is 12.5. The molecule has 1 aliphatic rings. The molecule has 1 fully saturated rings. The van der Waals surface area contributed by atoms with E-state index in [1.165, 1.54) is 51.4 Å². The molecule has 0 aromatic rings. The van der Waals surface area contributed by atoms with E-state index in [9.17, 15) is 4.79 Å². The van der Waals surface area contributed by atoms with Crippen molar-refractivity contribution in [2.45, 2.75) is 83.8 Å². The molecule has 1 saturated heterocycles. The third kappa shape index (κ3) is 6.03. The van der Waals surface area contributed by atoms with E-state index >= 15 is 0 Å². The van der Waals surface area contributed by atoms with E-state index in [1.54, 1.807) is 0 Å². The average Bonchev–Trinajstić information content (AvgIpc) is 2.29. The molecule has 0 aromatic heterocycles. The lowest BCUT2D eigenvalue weighted by Gasteiger charge is -2.34. The molecule has 1 amide bonds. The SMILES string of the molecule is C[Si](C)(C)N1CCCCCCCCCCCC1=O. The van der Waals surface area contributed by atoms with E-state index in [0.29, 0.717) is 5.91 Å². The van der Waals surface area contributed by atoms with Gasteiger partial charge < -0.3 is 4.57 Å². The highest BCUT2D eigenvalue weighted by atomic mass is 28.3. The summed E-state index contributed by atoms with van der Waals surface area (Å²) in [4.78, 5) is 12.3. The van der Waals surface area contributed by atoms with E-state index in [4.69, 9.17) is 0 Å². The molecule has 0 atom stereocenters. The summed E-state index contributed by atoms with van der Waals surface area (Å²) in [6, 6.07) is 0. The van der Waals surface area contributed by atoms with Crippen LogP contribution in [0.2, 0.25) is 19.6 Å². The zero-order chi connectivity index (χ0) is 13.4. The molecule has 0 aromatic carbocycles. The maximum Gasteiger partial charge on any atom is 0.214 e. The first kappa shape index (κ1) is 15.7. The van der Waals surface area contributed by atoms with Crippen LogP contribution in [0.5, 0.6) is 0 Å². The molecule has 0 aliphatic carbocycles. The molecular weight excluding hydrogens is 238 g/mol. The molecule has 0 unspecified atom stereocenters. The summed E-state index contributed by atoms with van der Waals surface area (Å²) in [5, 5.41) is 0. The first-order chi connectivity index (χ1) is 8.52. The van der Waals surface area contributed by atoms with Crippen LogP contribution in [0, 0.1) is 0 Å². The summed E-state index contributed by atoms with van der Waals surface area (Å²) in [6.45, 7) is 7.89. The third-order valence-corrected chi connectivity index (χ3v) is 5.98. The van der Waals surface area contributed by atoms with Gasteiger partial charge in [-0.3, -0.25) is 4.79 Å². The van der Waals surface area contributed by atoms with Crippen molar-refractivity contribution in [3.8, 4) is 0 Å². The van der Waals surface area contributed by atoms with E-state index in [1.807, 2.05) is 0 Å². The van der Waals surface area contributed by atoms with Crippen LogP contribution in [0.3, 0.4) is 0 Å². The van der Waals surface area contributed by atoms with Gasteiger partial charge in [0.25, 0.3) is 0 Å². The Kier molecular flexibility index (Phi) is 6.98. The predicted molar refractivity (Wildman–Crippen MR) is 81.2 cm³/mol. The fraction of sp³-hybridized carbons (Fsp3) is 0.933. The van der Waals surface area contributed by atoms with Gasteiger partial charge in [-0.05, 0) is 12.8 Å². The Hall–Kier alpha value is -0.313. The topological polar surface area (TPSA) is 20.3 Å². The molecule has 106 valence electrons. The highest BCUT2D eigenvalue weighted by molar-refractivity contribution is 6.75. The fourth-order valence-corrected chi connectivity index (χ4v) is 4.44. The third-order valence-electron chi connectivity index (χ3n) is 3.88. The lowest BCUT2D eigenvalue weighted by atomic mass is 10.1. The molecule has 0 saturated carbocycles. The first-order valence-electron chi connectivity index (χ1n) is 7.82. The molecule has 0 radical (unpaired) electrons. The second-order valence-electron chi connectivity index (χ2n) is 6.65. The van der Waals surface area contributed by atoms with Gasteiger partial charge in [-0.1, -0.05) is 64.6 Å².